The van der Waals surface area contributed by atoms with Crippen LogP contribution in [0.3, 0.4) is 0 Å². The quantitative estimate of drug-likeness (QED) is 0.484. The molecule has 35 heavy (non-hydrogen) atoms. The molecule has 0 aliphatic carbocycles. The van der Waals surface area contributed by atoms with E-state index in [0.717, 1.165) is 28.2 Å². The number of aromatic nitrogens is 2. The van der Waals surface area contributed by atoms with E-state index in [9.17, 15) is 9.59 Å². The number of likely N-dealkylation sites (N-methyl/N-ethyl adjacent to an activating group) is 1. The number of carbonyl (C=O) groups excluding carboxylic acids is 2. The van der Waals surface area contributed by atoms with Gasteiger partial charge in [0.05, 0.1) is 17.8 Å². The van der Waals surface area contributed by atoms with Crippen molar-refractivity contribution < 1.29 is 9.59 Å². The fourth-order valence-electron chi connectivity index (χ4n) is 4.70. The molecule has 2 aliphatic rings. The highest BCUT2D eigenvalue weighted by atomic mass is 16.2. The van der Waals surface area contributed by atoms with Crippen LogP contribution in [0, 0.1) is 0 Å². The molecule has 3 heterocycles. The Morgan fingerprint density at radius 2 is 1.57 bits per heavy atom. The minimum Gasteiger partial charge on any atom is -0.330 e. The lowest BCUT2D eigenvalue weighted by atomic mass is 10.1. The summed E-state index contributed by atoms with van der Waals surface area (Å²) >= 11 is 0. The van der Waals surface area contributed by atoms with Crippen molar-refractivity contribution in [1.29, 1.82) is 0 Å². The summed E-state index contributed by atoms with van der Waals surface area (Å²) in [6.07, 6.45) is 1.96. The standard InChI is InChI=1S/C28H23N5O2/c1-32-24-9-5-4-8-23(24)26-21(14-25(32)34)15-29-28(31-26)30-22-12-10-18(11-13-22)27(35)33-16-19-6-2-3-7-20(19)17-33/h2-13,15H,14,16-17H2,1H3,(H,29,30,31). The number of anilines is 3. The van der Waals surface area contributed by atoms with E-state index in [-0.39, 0.29) is 18.2 Å². The van der Waals surface area contributed by atoms with E-state index < -0.39 is 0 Å². The number of rotatable bonds is 3. The maximum atomic E-state index is 13.0. The van der Waals surface area contributed by atoms with Crippen molar-refractivity contribution in [2.24, 2.45) is 0 Å². The smallest absolute Gasteiger partial charge is 0.254 e. The second-order valence-corrected chi connectivity index (χ2v) is 8.85. The van der Waals surface area contributed by atoms with Gasteiger partial charge in [0, 0.05) is 48.7 Å². The van der Waals surface area contributed by atoms with Gasteiger partial charge in [0.1, 0.15) is 0 Å². The van der Waals surface area contributed by atoms with Crippen LogP contribution < -0.4 is 10.2 Å². The molecule has 0 saturated carbocycles. The summed E-state index contributed by atoms with van der Waals surface area (Å²) < 4.78 is 0. The number of carbonyl (C=O) groups is 2. The number of nitrogens with one attached hydrogen (secondary N) is 1. The van der Waals surface area contributed by atoms with Crippen molar-refractivity contribution >= 4 is 29.1 Å². The number of hydrogen-bond donors (Lipinski definition) is 1. The van der Waals surface area contributed by atoms with E-state index in [2.05, 4.69) is 22.4 Å². The Morgan fingerprint density at radius 3 is 2.31 bits per heavy atom. The predicted molar refractivity (Wildman–Crippen MR) is 134 cm³/mol. The molecule has 0 fully saturated rings. The molecule has 0 spiro atoms. The average Bonchev–Trinajstić information content (AvgIpc) is 3.29. The van der Waals surface area contributed by atoms with E-state index in [1.54, 1.807) is 18.1 Å². The molecule has 7 nitrogen and oxygen atoms in total. The Balaban J connectivity index is 1.22. The summed E-state index contributed by atoms with van der Waals surface area (Å²) in [6, 6.07) is 23.3. The van der Waals surface area contributed by atoms with Gasteiger partial charge in [0.2, 0.25) is 11.9 Å². The number of fused-ring (bicyclic) bond motifs is 4. The van der Waals surface area contributed by atoms with Crippen LogP contribution in [0.4, 0.5) is 17.3 Å². The van der Waals surface area contributed by atoms with Crippen LogP contribution in [0.2, 0.25) is 0 Å². The number of nitrogens with zero attached hydrogens (tertiary/aromatic N) is 4. The largest absolute Gasteiger partial charge is 0.330 e. The van der Waals surface area contributed by atoms with Crippen LogP contribution >= 0.6 is 0 Å². The first-order valence-electron chi connectivity index (χ1n) is 11.5. The summed E-state index contributed by atoms with van der Waals surface area (Å²) in [6.45, 7) is 1.27. The van der Waals surface area contributed by atoms with Gasteiger partial charge in [-0.25, -0.2) is 9.97 Å². The lowest BCUT2D eigenvalue weighted by Crippen LogP contribution is -2.26. The molecule has 0 bridgehead atoms. The normalized spacial score (nSPS) is 14.1. The van der Waals surface area contributed by atoms with Gasteiger partial charge in [-0.05, 0) is 41.5 Å². The molecule has 6 rings (SSSR count). The van der Waals surface area contributed by atoms with Gasteiger partial charge in [0.15, 0.2) is 0 Å². The Kier molecular flexibility index (Phi) is 5.03. The minimum absolute atomic E-state index is 0.00173. The fourth-order valence-corrected chi connectivity index (χ4v) is 4.70. The summed E-state index contributed by atoms with van der Waals surface area (Å²) in [7, 11) is 1.78. The second kappa shape index (κ2) is 8.36. The first kappa shape index (κ1) is 21.0. The summed E-state index contributed by atoms with van der Waals surface area (Å²) in [5.41, 5.74) is 7.09. The summed E-state index contributed by atoms with van der Waals surface area (Å²) in [5, 5.41) is 3.23. The molecule has 3 aromatic carbocycles. The van der Waals surface area contributed by atoms with Crippen LogP contribution in [-0.4, -0.2) is 33.7 Å². The Bertz CT molecular complexity index is 1440. The third-order valence-corrected chi connectivity index (χ3v) is 6.62. The van der Waals surface area contributed by atoms with E-state index in [0.29, 0.717) is 24.6 Å². The van der Waals surface area contributed by atoms with Crippen molar-refractivity contribution in [2.45, 2.75) is 19.5 Å². The summed E-state index contributed by atoms with van der Waals surface area (Å²) in [5.74, 6) is 0.450. The molecule has 0 unspecified atom stereocenters. The number of benzene rings is 3. The molecule has 172 valence electrons. The third kappa shape index (κ3) is 3.81. The first-order chi connectivity index (χ1) is 17.1. The summed E-state index contributed by atoms with van der Waals surface area (Å²) in [4.78, 5) is 38.3. The molecule has 2 amide bonds. The lowest BCUT2D eigenvalue weighted by molar-refractivity contribution is -0.117. The predicted octanol–water partition coefficient (Wildman–Crippen LogP) is 4.56. The Labute approximate surface area is 203 Å². The molecule has 0 radical (unpaired) electrons. The van der Waals surface area contributed by atoms with Crippen LogP contribution in [0.5, 0.6) is 0 Å². The number of amides is 2. The van der Waals surface area contributed by atoms with Crippen molar-refractivity contribution in [3.8, 4) is 11.3 Å². The van der Waals surface area contributed by atoms with Crippen LogP contribution in [-0.2, 0) is 24.3 Å². The first-order valence-corrected chi connectivity index (χ1v) is 11.5. The molecule has 2 aliphatic heterocycles. The molecule has 1 aromatic heterocycles. The van der Waals surface area contributed by atoms with Gasteiger partial charge in [-0.1, -0.05) is 42.5 Å². The highest BCUT2D eigenvalue weighted by Crippen LogP contribution is 2.35. The third-order valence-electron chi connectivity index (χ3n) is 6.62. The van der Waals surface area contributed by atoms with E-state index in [4.69, 9.17) is 4.98 Å². The zero-order chi connectivity index (χ0) is 23.9. The van der Waals surface area contributed by atoms with Crippen molar-refractivity contribution in [2.75, 3.05) is 17.3 Å². The Morgan fingerprint density at radius 1 is 0.886 bits per heavy atom. The average molecular weight is 462 g/mol. The number of para-hydroxylation sites is 1. The molecule has 1 N–H and O–H groups in total. The Hall–Kier alpha value is -4.52. The van der Waals surface area contributed by atoms with Gasteiger partial charge >= 0.3 is 0 Å². The molecule has 4 aromatic rings. The monoisotopic (exact) mass is 461 g/mol. The van der Waals surface area contributed by atoms with Crippen LogP contribution in [0.25, 0.3) is 11.3 Å². The van der Waals surface area contributed by atoms with Gasteiger partial charge in [-0.15, -0.1) is 0 Å². The topological polar surface area (TPSA) is 78.4 Å². The molecule has 7 heteroatoms. The molecular formula is C28H23N5O2. The maximum absolute atomic E-state index is 13.0. The second-order valence-electron chi connectivity index (χ2n) is 8.85. The van der Waals surface area contributed by atoms with Gasteiger partial charge in [-0.3, -0.25) is 9.59 Å². The highest BCUT2D eigenvalue weighted by Gasteiger charge is 2.25. The minimum atomic E-state index is 0.00173. The van der Waals surface area contributed by atoms with E-state index in [1.165, 1.54) is 11.1 Å². The number of hydrogen-bond acceptors (Lipinski definition) is 5. The molecule has 0 saturated heterocycles. The molecule has 0 atom stereocenters. The van der Waals surface area contributed by atoms with Crippen molar-refractivity contribution in [3.05, 3.63) is 101 Å². The van der Waals surface area contributed by atoms with Crippen LogP contribution in [0.15, 0.2) is 79.0 Å². The van der Waals surface area contributed by atoms with Crippen molar-refractivity contribution in [1.82, 2.24) is 14.9 Å². The van der Waals surface area contributed by atoms with E-state index in [1.807, 2.05) is 65.6 Å². The van der Waals surface area contributed by atoms with Gasteiger partial charge < -0.3 is 15.1 Å². The van der Waals surface area contributed by atoms with Gasteiger partial charge in [-0.2, -0.15) is 0 Å². The zero-order valence-corrected chi connectivity index (χ0v) is 19.2. The van der Waals surface area contributed by atoms with Crippen LogP contribution in [0.1, 0.15) is 27.0 Å². The fraction of sp³-hybridized carbons (Fsp3) is 0.143. The lowest BCUT2D eigenvalue weighted by Gasteiger charge is -2.17. The maximum Gasteiger partial charge on any atom is 0.254 e. The van der Waals surface area contributed by atoms with Gasteiger partial charge in [0.25, 0.3) is 5.91 Å². The molecular weight excluding hydrogens is 438 g/mol. The highest BCUT2D eigenvalue weighted by molar-refractivity contribution is 6.01. The van der Waals surface area contributed by atoms with E-state index >= 15 is 0 Å². The van der Waals surface area contributed by atoms with Crippen molar-refractivity contribution in [3.63, 3.8) is 0 Å². The zero-order valence-electron chi connectivity index (χ0n) is 19.2. The SMILES string of the molecule is CN1C(=O)Cc2cnc(Nc3ccc(C(=O)N4Cc5ccccc5C4)cc3)nc2-c2ccccc21.